The summed E-state index contributed by atoms with van der Waals surface area (Å²) in [6.45, 7) is 2.21. The molecule has 2 aliphatic rings. The highest BCUT2D eigenvalue weighted by Crippen LogP contribution is 2.39. The van der Waals surface area contributed by atoms with Crippen molar-refractivity contribution >= 4 is 5.97 Å². The Balaban J connectivity index is 2.03. The first-order chi connectivity index (χ1) is 9.26. The molecule has 1 aliphatic heterocycles. The molecule has 108 valence electrons. The average Bonchev–Trinajstić information content (AvgIpc) is 2.46. The number of methoxy groups -OCH3 is 1. The van der Waals surface area contributed by atoms with Crippen LogP contribution in [-0.4, -0.2) is 25.3 Å². The Bertz CT molecular complexity index is 335. The maximum atomic E-state index is 11.7. The maximum absolute atomic E-state index is 11.7. The number of unbranched alkanes of at least 4 members (excludes halogenated alkanes) is 2. The van der Waals surface area contributed by atoms with Crippen LogP contribution in [0.15, 0.2) is 11.6 Å². The molecule has 0 amide bonds. The molecule has 3 heteroatoms. The lowest BCUT2D eigenvalue weighted by atomic mass is 9.77. The van der Waals surface area contributed by atoms with E-state index in [-0.39, 0.29) is 18.2 Å². The van der Waals surface area contributed by atoms with Crippen molar-refractivity contribution in [2.45, 2.75) is 70.5 Å². The van der Waals surface area contributed by atoms with Crippen molar-refractivity contribution in [3.8, 4) is 0 Å². The second-order valence-corrected chi connectivity index (χ2v) is 5.70. The van der Waals surface area contributed by atoms with Gasteiger partial charge in [0.1, 0.15) is 0 Å². The number of rotatable bonds is 5. The summed E-state index contributed by atoms with van der Waals surface area (Å²) in [6, 6.07) is 0. The number of hydrogen-bond acceptors (Lipinski definition) is 3. The number of carbonyl (C=O) groups excluding carboxylic acids is 1. The van der Waals surface area contributed by atoms with Crippen LogP contribution in [0.4, 0.5) is 0 Å². The molecular weight excluding hydrogens is 240 g/mol. The zero-order valence-corrected chi connectivity index (χ0v) is 12.2. The lowest BCUT2D eigenvalue weighted by Crippen LogP contribution is -2.41. The Hall–Kier alpha value is -0.830. The quantitative estimate of drug-likeness (QED) is 0.433. The number of carbonyl (C=O) groups is 1. The van der Waals surface area contributed by atoms with E-state index in [1.54, 1.807) is 0 Å². The minimum atomic E-state index is -0.378. The van der Waals surface area contributed by atoms with Gasteiger partial charge in [-0.15, -0.1) is 0 Å². The summed E-state index contributed by atoms with van der Waals surface area (Å²) in [7, 11) is 1.44. The molecule has 1 heterocycles. The first-order valence-corrected chi connectivity index (χ1v) is 7.68. The molecule has 0 N–H and O–H groups in total. The minimum absolute atomic E-state index is 0.217. The molecule has 1 saturated heterocycles. The molecule has 0 spiro atoms. The molecule has 0 radical (unpaired) electrons. The fourth-order valence-electron chi connectivity index (χ4n) is 3.32. The Morgan fingerprint density at radius 2 is 2.32 bits per heavy atom. The van der Waals surface area contributed by atoms with E-state index in [9.17, 15) is 4.79 Å². The fourth-order valence-corrected chi connectivity index (χ4v) is 3.32. The molecular formula is C16H26O3. The Kier molecular flexibility index (Phi) is 5.44. The summed E-state index contributed by atoms with van der Waals surface area (Å²) < 4.78 is 10.9. The first kappa shape index (κ1) is 14.6. The van der Waals surface area contributed by atoms with Gasteiger partial charge in [-0.05, 0) is 25.7 Å². The maximum Gasteiger partial charge on any atom is 0.335 e. The number of esters is 1. The monoisotopic (exact) mass is 266 g/mol. The van der Waals surface area contributed by atoms with Crippen molar-refractivity contribution in [2.75, 3.05) is 7.11 Å². The van der Waals surface area contributed by atoms with E-state index in [0.717, 1.165) is 19.3 Å². The van der Waals surface area contributed by atoms with E-state index < -0.39 is 0 Å². The second-order valence-electron chi connectivity index (χ2n) is 5.70. The van der Waals surface area contributed by atoms with Crippen LogP contribution in [0.1, 0.15) is 58.3 Å². The predicted octanol–water partition coefficient (Wildman–Crippen LogP) is 3.62. The first-order valence-electron chi connectivity index (χ1n) is 7.68. The van der Waals surface area contributed by atoms with Crippen LogP contribution >= 0.6 is 0 Å². The molecule has 0 aromatic heterocycles. The average molecular weight is 266 g/mol. The van der Waals surface area contributed by atoms with Crippen molar-refractivity contribution in [3.05, 3.63) is 11.6 Å². The van der Waals surface area contributed by atoms with Crippen LogP contribution in [0.5, 0.6) is 0 Å². The van der Waals surface area contributed by atoms with Gasteiger partial charge >= 0.3 is 5.97 Å². The molecule has 3 nitrogen and oxygen atoms in total. The van der Waals surface area contributed by atoms with Crippen molar-refractivity contribution in [1.29, 1.82) is 0 Å². The molecule has 0 saturated carbocycles. The van der Waals surface area contributed by atoms with E-state index in [1.165, 1.54) is 44.8 Å². The van der Waals surface area contributed by atoms with Gasteiger partial charge in [0.05, 0.1) is 13.2 Å². The molecule has 2 rings (SSSR count). The van der Waals surface area contributed by atoms with Gasteiger partial charge in [-0.25, -0.2) is 4.79 Å². The largest absolute Gasteiger partial charge is 0.467 e. The third kappa shape index (κ3) is 3.59. The summed E-state index contributed by atoms with van der Waals surface area (Å²) in [5.74, 6) is 0.330. The van der Waals surface area contributed by atoms with Gasteiger partial charge in [-0.3, -0.25) is 0 Å². The molecule has 0 bridgehead atoms. The van der Waals surface area contributed by atoms with E-state index in [2.05, 4.69) is 13.0 Å². The third-order valence-corrected chi connectivity index (χ3v) is 4.37. The SMILES string of the molecule is CCCCC[C@@H]1O[C@H](C(=O)OC)CC2=CCCC[C@H]21. The van der Waals surface area contributed by atoms with Crippen molar-refractivity contribution in [3.63, 3.8) is 0 Å². The van der Waals surface area contributed by atoms with Crippen LogP contribution < -0.4 is 0 Å². The molecule has 3 atom stereocenters. The van der Waals surface area contributed by atoms with E-state index in [1.807, 2.05) is 0 Å². The van der Waals surface area contributed by atoms with Crippen LogP contribution in [-0.2, 0) is 14.3 Å². The Morgan fingerprint density at radius 1 is 1.47 bits per heavy atom. The summed E-state index contributed by atoms with van der Waals surface area (Å²) in [4.78, 5) is 11.7. The van der Waals surface area contributed by atoms with Crippen LogP contribution in [0.3, 0.4) is 0 Å². The molecule has 0 aromatic carbocycles. The van der Waals surface area contributed by atoms with E-state index in [0.29, 0.717) is 5.92 Å². The summed E-state index contributed by atoms with van der Waals surface area (Å²) in [5.41, 5.74) is 1.44. The van der Waals surface area contributed by atoms with Crippen LogP contribution in [0.2, 0.25) is 0 Å². The normalized spacial score (nSPS) is 30.4. The van der Waals surface area contributed by atoms with Crippen molar-refractivity contribution in [2.24, 2.45) is 5.92 Å². The van der Waals surface area contributed by atoms with E-state index >= 15 is 0 Å². The minimum Gasteiger partial charge on any atom is -0.467 e. The Morgan fingerprint density at radius 3 is 3.05 bits per heavy atom. The Labute approximate surface area is 116 Å². The summed E-state index contributed by atoms with van der Waals surface area (Å²) in [5, 5.41) is 0. The molecule has 19 heavy (non-hydrogen) atoms. The van der Waals surface area contributed by atoms with Gasteiger partial charge in [-0.1, -0.05) is 37.8 Å². The summed E-state index contributed by atoms with van der Waals surface area (Å²) in [6.07, 6.45) is 11.3. The second kappa shape index (κ2) is 7.09. The van der Waals surface area contributed by atoms with Gasteiger partial charge < -0.3 is 9.47 Å². The van der Waals surface area contributed by atoms with Gasteiger partial charge in [0, 0.05) is 12.3 Å². The van der Waals surface area contributed by atoms with Crippen LogP contribution in [0, 0.1) is 5.92 Å². The topological polar surface area (TPSA) is 35.5 Å². The summed E-state index contributed by atoms with van der Waals surface area (Å²) >= 11 is 0. The zero-order valence-electron chi connectivity index (χ0n) is 12.2. The number of hydrogen-bond donors (Lipinski definition) is 0. The lowest BCUT2D eigenvalue weighted by molar-refractivity contribution is -0.164. The van der Waals surface area contributed by atoms with Gasteiger partial charge in [0.15, 0.2) is 6.10 Å². The van der Waals surface area contributed by atoms with Crippen molar-refractivity contribution < 1.29 is 14.3 Å². The van der Waals surface area contributed by atoms with Crippen LogP contribution in [0.25, 0.3) is 0 Å². The van der Waals surface area contributed by atoms with Crippen molar-refractivity contribution in [1.82, 2.24) is 0 Å². The number of fused-ring (bicyclic) bond motifs is 1. The highest BCUT2D eigenvalue weighted by atomic mass is 16.6. The standard InChI is InChI=1S/C16H26O3/c1-3-4-5-10-14-13-9-7-6-8-12(13)11-15(19-14)16(17)18-2/h8,13-15H,3-7,9-11H2,1-2H3/t13-,14+,15+/m1/s1. The van der Waals surface area contributed by atoms with Gasteiger partial charge in [0.25, 0.3) is 0 Å². The molecule has 1 aliphatic carbocycles. The smallest absolute Gasteiger partial charge is 0.335 e. The zero-order chi connectivity index (χ0) is 13.7. The molecule has 0 unspecified atom stereocenters. The van der Waals surface area contributed by atoms with Gasteiger partial charge in [0.2, 0.25) is 0 Å². The number of allylic oxidation sites excluding steroid dienone is 1. The van der Waals surface area contributed by atoms with Gasteiger partial charge in [-0.2, -0.15) is 0 Å². The lowest BCUT2D eigenvalue weighted by Gasteiger charge is -2.39. The molecule has 0 aromatic rings. The molecule has 1 fully saturated rings. The third-order valence-electron chi connectivity index (χ3n) is 4.37. The predicted molar refractivity (Wildman–Crippen MR) is 74.9 cm³/mol. The van der Waals surface area contributed by atoms with E-state index in [4.69, 9.17) is 9.47 Å². The fraction of sp³-hybridized carbons (Fsp3) is 0.812. The highest BCUT2D eigenvalue weighted by molar-refractivity contribution is 5.75. The highest BCUT2D eigenvalue weighted by Gasteiger charge is 2.38. The number of ether oxygens (including phenoxy) is 2.